The average Bonchev–Trinajstić information content (AvgIpc) is 2.45. The lowest BCUT2D eigenvalue weighted by molar-refractivity contribution is -0.137. The van der Waals surface area contributed by atoms with Crippen molar-refractivity contribution in [1.82, 2.24) is 0 Å². The van der Waals surface area contributed by atoms with E-state index in [1.54, 1.807) is 0 Å². The highest BCUT2D eigenvalue weighted by molar-refractivity contribution is 5.81. The molecule has 0 N–H and O–H groups in total. The van der Waals surface area contributed by atoms with Gasteiger partial charge in [-0.15, -0.1) is 0 Å². The van der Waals surface area contributed by atoms with Gasteiger partial charge in [-0.05, 0) is 18.2 Å². The van der Waals surface area contributed by atoms with E-state index in [9.17, 15) is 22.0 Å². The molecule has 2 aromatic carbocycles. The molecule has 2 aromatic rings. The van der Waals surface area contributed by atoms with Gasteiger partial charge in [0.15, 0.2) is 0 Å². The standard InChI is InChI=1S/C15H10F5NO/c16-13-6-3-7-14(17)11(13)9-22-21-8-10-4-1-2-5-12(10)15(18,19)20/h1-8H,9H2. The number of benzene rings is 2. The highest BCUT2D eigenvalue weighted by atomic mass is 19.4. The highest BCUT2D eigenvalue weighted by Crippen LogP contribution is 2.31. The Morgan fingerprint density at radius 3 is 2.23 bits per heavy atom. The van der Waals surface area contributed by atoms with Crippen LogP contribution in [0.25, 0.3) is 0 Å². The van der Waals surface area contributed by atoms with Crippen LogP contribution < -0.4 is 0 Å². The van der Waals surface area contributed by atoms with Crippen LogP contribution >= 0.6 is 0 Å². The Hall–Kier alpha value is -2.44. The van der Waals surface area contributed by atoms with Crippen molar-refractivity contribution < 1.29 is 26.8 Å². The minimum atomic E-state index is -4.53. The lowest BCUT2D eigenvalue weighted by Gasteiger charge is -2.09. The fourth-order valence-electron chi connectivity index (χ4n) is 1.73. The Bertz CT molecular complexity index is 662. The molecular formula is C15H10F5NO. The molecule has 0 amide bonds. The van der Waals surface area contributed by atoms with E-state index in [4.69, 9.17) is 0 Å². The molecule has 0 aliphatic carbocycles. The highest BCUT2D eigenvalue weighted by Gasteiger charge is 2.32. The zero-order chi connectivity index (χ0) is 16.2. The number of hydrogen-bond donors (Lipinski definition) is 0. The van der Waals surface area contributed by atoms with Crippen molar-refractivity contribution in [1.29, 1.82) is 0 Å². The predicted octanol–water partition coefficient (Wildman–Crippen LogP) is 4.53. The largest absolute Gasteiger partial charge is 0.417 e. The molecule has 0 spiro atoms. The van der Waals surface area contributed by atoms with Crippen LogP contribution in [0.5, 0.6) is 0 Å². The lowest BCUT2D eigenvalue weighted by atomic mass is 10.1. The van der Waals surface area contributed by atoms with Crippen LogP contribution in [-0.4, -0.2) is 6.21 Å². The summed E-state index contributed by atoms with van der Waals surface area (Å²) in [6, 6.07) is 8.05. The van der Waals surface area contributed by atoms with E-state index in [0.717, 1.165) is 24.4 Å². The number of nitrogens with zero attached hydrogens (tertiary/aromatic N) is 1. The molecular weight excluding hydrogens is 305 g/mol. The van der Waals surface area contributed by atoms with Gasteiger partial charge >= 0.3 is 6.18 Å². The number of hydrogen-bond acceptors (Lipinski definition) is 2. The Kier molecular flexibility index (Phi) is 4.75. The van der Waals surface area contributed by atoms with E-state index in [0.29, 0.717) is 0 Å². The van der Waals surface area contributed by atoms with Gasteiger partial charge in [-0.25, -0.2) is 8.78 Å². The van der Waals surface area contributed by atoms with E-state index >= 15 is 0 Å². The summed E-state index contributed by atoms with van der Waals surface area (Å²) in [6.07, 6.45) is -3.68. The summed E-state index contributed by atoms with van der Waals surface area (Å²) in [7, 11) is 0. The van der Waals surface area contributed by atoms with Crippen molar-refractivity contribution in [2.45, 2.75) is 12.8 Å². The molecule has 0 saturated heterocycles. The minimum absolute atomic E-state index is 0.205. The van der Waals surface area contributed by atoms with Crippen molar-refractivity contribution in [3.8, 4) is 0 Å². The summed E-state index contributed by atoms with van der Waals surface area (Å²) in [5.74, 6) is -1.63. The molecule has 22 heavy (non-hydrogen) atoms. The second kappa shape index (κ2) is 6.55. The molecule has 2 rings (SSSR count). The second-order valence-electron chi connectivity index (χ2n) is 4.29. The van der Waals surface area contributed by atoms with Crippen LogP contribution in [0.2, 0.25) is 0 Å². The Balaban J connectivity index is 2.08. The van der Waals surface area contributed by atoms with Gasteiger partial charge in [-0.3, -0.25) is 0 Å². The van der Waals surface area contributed by atoms with Gasteiger partial charge in [-0.1, -0.05) is 29.4 Å². The Morgan fingerprint density at radius 1 is 0.955 bits per heavy atom. The van der Waals surface area contributed by atoms with Crippen molar-refractivity contribution >= 4 is 6.21 Å². The van der Waals surface area contributed by atoms with Gasteiger partial charge in [0, 0.05) is 5.56 Å². The third kappa shape index (κ3) is 3.81. The zero-order valence-corrected chi connectivity index (χ0v) is 11.1. The summed E-state index contributed by atoms with van der Waals surface area (Å²) < 4.78 is 64.8. The zero-order valence-electron chi connectivity index (χ0n) is 11.1. The predicted molar refractivity (Wildman–Crippen MR) is 70.2 cm³/mol. The van der Waals surface area contributed by atoms with Crippen molar-refractivity contribution in [2.24, 2.45) is 5.16 Å². The molecule has 0 fully saturated rings. The molecule has 2 nitrogen and oxygen atoms in total. The van der Waals surface area contributed by atoms with E-state index in [2.05, 4.69) is 9.99 Å². The third-order valence-corrected chi connectivity index (χ3v) is 2.80. The van der Waals surface area contributed by atoms with Crippen LogP contribution in [0.1, 0.15) is 16.7 Å². The topological polar surface area (TPSA) is 21.6 Å². The fourth-order valence-corrected chi connectivity index (χ4v) is 1.73. The quantitative estimate of drug-likeness (QED) is 0.461. The van der Waals surface area contributed by atoms with Crippen molar-refractivity contribution in [2.75, 3.05) is 0 Å². The molecule has 0 aromatic heterocycles. The first-order valence-electron chi connectivity index (χ1n) is 6.14. The minimum Gasteiger partial charge on any atom is -0.391 e. The van der Waals surface area contributed by atoms with Gasteiger partial charge in [0.2, 0.25) is 0 Å². The van der Waals surface area contributed by atoms with Gasteiger partial charge in [0.25, 0.3) is 0 Å². The Labute approximate surface area is 122 Å². The Morgan fingerprint density at radius 2 is 1.59 bits per heavy atom. The third-order valence-electron chi connectivity index (χ3n) is 2.80. The molecule has 7 heteroatoms. The van der Waals surface area contributed by atoms with Crippen LogP contribution in [0.4, 0.5) is 22.0 Å². The first-order valence-corrected chi connectivity index (χ1v) is 6.14. The monoisotopic (exact) mass is 315 g/mol. The number of oxime groups is 1. The summed E-state index contributed by atoms with van der Waals surface area (Å²) >= 11 is 0. The molecule has 0 atom stereocenters. The second-order valence-corrected chi connectivity index (χ2v) is 4.29. The number of rotatable bonds is 4. The molecule has 0 radical (unpaired) electrons. The molecule has 0 aliphatic heterocycles. The SMILES string of the molecule is Fc1cccc(F)c1CON=Cc1ccccc1C(F)(F)F. The summed E-state index contributed by atoms with van der Waals surface area (Å²) in [6.45, 7) is -0.525. The summed E-state index contributed by atoms with van der Waals surface area (Å²) in [4.78, 5) is 4.68. The molecule has 0 unspecified atom stereocenters. The van der Waals surface area contributed by atoms with Gasteiger partial charge in [-0.2, -0.15) is 13.2 Å². The van der Waals surface area contributed by atoms with E-state index in [1.165, 1.54) is 24.3 Å². The maximum atomic E-state index is 13.3. The van der Waals surface area contributed by atoms with Gasteiger partial charge < -0.3 is 4.84 Å². The number of alkyl halides is 3. The maximum Gasteiger partial charge on any atom is 0.417 e. The normalized spacial score (nSPS) is 11.9. The summed E-state index contributed by atoms with van der Waals surface area (Å²) in [5, 5.41) is 3.33. The van der Waals surface area contributed by atoms with Gasteiger partial charge in [0.1, 0.15) is 18.2 Å². The van der Waals surface area contributed by atoms with Crippen LogP contribution in [0.3, 0.4) is 0 Å². The van der Waals surface area contributed by atoms with E-state index in [-0.39, 0.29) is 11.1 Å². The summed E-state index contributed by atoms with van der Waals surface area (Å²) in [5.41, 5.74) is -1.42. The molecule has 0 saturated carbocycles. The molecule has 116 valence electrons. The fraction of sp³-hybridized carbons (Fsp3) is 0.133. The van der Waals surface area contributed by atoms with E-state index < -0.39 is 30.0 Å². The molecule has 0 bridgehead atoms. The van der Waals surface area contributed by atoms with Crippen LogP contribution in [-0.2, 0) is 17.6 Å². The average molecular weight is 315 g/mol. The van der Waals surface area contributed by atoms with Crippen LogP contribution in [0.15, 0.2) is 47.6 Å². The first-order chi connectivity index (χ1) is 10.4. The van der Waals surface area contributed by atoms with Crippen LogP contribution in [0, 0.1) is 11.6 Å². The van der Waals surface area contributed by atoms with E-state index in [1.807, 2.05) is 0 Å². The molecule has 0 aliphatic rings. The van der Waals surface area contributed by atoms with Gasteiger partial charge in [0.05, 0.1) is 17.3 Å². The van der Waals surface area contributed by atoms with Crippen molar-refractivity contribution in [3.63, 3.8) is 0 Å². The number of halogens is 5. The maximum absolute atomic E-state index is 13.3. The smallest absolute Gasteiger partial charge is 0.391 e. The van der Waals surface area contributed by atoms with Crippen molar-refractivity contribution in [3.05, 3.63) is 70.8 Å². The first kappa shape index (κ1) is 15.9. The lowest BCUT2D eigenvalue weighted by Crippen LogP contribution is -2.08. The molecule has 0 heterocycles.